The number of nitrogens with one attached hydrogen (secondary N) is 1. The summed E-state index contributed by atoms with van der Waals surface area (Å²) in [5.74, 6) is 1.85. The molecular weight excluding hydrogens is 394 g/mol. The topological polar surface area (TPSA) is 52.1 Å². The van der Waals surface area contributed by atoms with E-state index in [2.05, 4.69) is 66.3 Å². The van der Waals surface area contributed by atoms with Crippen LogP contribution in [-0.2, 0) is 6.42 Å². The third kappa shape index (κ3) is 4.14. The quantitative estimate of drug-likeness (QED) is 0.500. The van der Waals surface area contributed by atoms with E-state index >= 15 is 0 Å². The molecule has 4 heteroatoms. The van der Waals surface area contributed by atoms with Gasteiger partial charge in [-0.25, -0.2) is 4.98 Å². The molecule has 1 fully saturated rings. The van der Waals surface area contributed by atoms with Crippen molar-refractivity contribution in [2.75, 3.05) is 20.1 Å². The summed E-state index contributed by atoms with van der Waals surface area (Å²) in [7, 11) is 2.18. The lowest BCUT2D eigenvalue weighted by Gasteiger charge is -2.51. The van der Waals surface area contributed by atoms with Crippen LogP contribution < -0.4 is 0 Å². The van der Waals surface area contributed by atoms with E-state index < -0.39 is 5.60 Å². The lowest BCUT2D eigenvalue weighted by molar-refractivity contribution is -0.0578. The molecule has 3 atom stereocenters. The normalized spacial score (nSPS) is 25.2. The molecule has 0 amide bonds. The van der Waals surface area contributed by atoms with Gasteiger partial charge in [0.05, 0.1) is 16.6 Å². The second kappa shape index (κ2) is 8.84. The number of hydrogen-bond acceptors (Lipinski definition) is 3. The van der Waals surface area contributed by atoms with Gasteiger partial charge in [0.2, 0.25) is 0 Å². The van der Waals surface area contributed by atoms with E-state index in [-0.39, 0.29) is 5.92 Å². The van der Waals surface area contributed by atoms with Crippen molar-refractivity contribution in [1.82, 2.24) is 14.9 Å². The van der Waals surface area contributed by atoms with Crippen molar-refractivity contribution in [1.29, 1.82) is 0 Å². The van der Waals surface area contributed by atoms with Crippen LogP contribution in [-0.4, -0.2) is 45.7 Å². The second-order valence-corrected chi connectivity index (χ2v) is 9.95. The van der Waals surface area contributed by atoms with Crippen LogP contribution in [0.15, 0.2) is 60.2 Å². The number of benzene rings is 2. The molecule has 0 radical (unpaired) electrons. The van der Waals surface area contributed by atoms with Crippen LogP contribution >= 0.6 is 0 Å². The molecule has 2 aromatic carbocycles. The maximum Gasteiger partial charge on any atom is 0.107 e. The van der Waals surface area contributed by atoms with Crippen LogP contribution in [0.1, 0.15) is 50.4 Å². The molecule has 4 nitrogen and oxygen atoms in total. The van der Waals surface area contributed by atoms with E-state index in [1.165, 1.54) is 23.1 Å². The monoisotopic (exact) mass is 429 g/mol. The summed E-state index contributed by atoms with van der Waals surface area (Å²) in [6.45, 7) is 4.24. The zero-order chi connectivity index (χ0) is 22.1. The van der Waals surface area contributed by atoms with E-state index in [0.29, 0.717) is 5.92 Å². The first kappa shape index (κ1) is 21.4. The van der Waals surface area contributed by atoms with Crippen molar-refractivity contribution in [3.63, 3.8) is 0 Å². The fraction of sp³-hybridized carbons (Fsp3) is 0.464. The standard InChI is InChI=1S/C28H35N3O/c1-20-22-14-15-23(27(20)21-9-4-3-5-10-21)28(32,19-22)16-18-31(2)17-8-13-26-29-24-11-6-7-12-25(24)30-26/h3-7,9-12,22-23,32H,8,13-19H2,1-2H3,(H,29,30)/t22-,23+,28+/m0/s1. The van der Waals surface area contributed by atoms with Crippen molar-refractivity contribution < 1.29 is 5.11 Å². The SMILES string of the molecule is CC1=C(c2ccccc2)[C@H]2CC[C@H]1C[C@]2(O)CCN(C)CCCc1nc2ccccc2[nH]1. The summed E-state index contributed by atoms with van der Waals surface area (Å²) in [5, 5.41) is 11.8. The van der Waals surface area contributed by atoms with E-state index in [4.69, 9.17) is 4.98 Å². The van der Waals surface area contributed by atoms with Gasteiger partial charge in [0.1, 0.15) is 5.82 Å². The van der Waals surface area contributed by atoms with Gasteiger partial charge < -0.3 is 15.0 Å². The number of para-hydroxylation sites is 2. The van der Waals surface area contributed by atoms with Gasteiger partial charge in [-0.1, -0.05) is 48.0 Å². The largest absolute Gasteiger partial charge is 0.389 e. The summed E-state index contributed by atoms with van der Waals surface area (Å²) >= 11 is 0. The fourth-order valence-corrected chi connectivity index (χ4v) is 6.04. The Morgan fingerprint density at radius 2 is 1.84 bits per heavy atom. The van der Waals surface area contributed by atoms with Crippen molar-refractivity contribution in [2.24, 2.45) is 11.8 Å². The highest BCUT2D eigenvalue weighted by molar-refractivity contribution is 5.75. The van der Waals surface area contributed by atoms with E-state index in [1.54, 1.807) is 0 Å². The molecule has 6 rings (SSSR count). The number of aryl methyl sites for hydroxylation is 1. The first-order valence-electron chi connectivity index (χ1n) is 12.1. The molecule has 32 heavy (non-hydrogen) atoms. The number of aromatic nitrogens is 2. The average Bonchev–Trinajstić information content (AvgIpc) is 3.22. The van der Waals surface area contributed by atoms with Gasteiger partial charge >= 0.3 is 0 Å². The van der Waals surface area contributed by atoms with Crippen molar-refractivity contribution in [3.8, 4) is 0 Å². The fourth-order valence-electron chi connectivity index (χ4n) is 6.04. The number of imidazole rings is 1. The van der Waals surface area contributed by atoms with Crippen LogP contribution in [0.4, 0.5) is 0 Å². The number of nitrogens with zero attached hydrogens (tertiary/aromatic N) is 2. The molecule has 0 unspecified atom stereocenters. The van der Waals surface area contributed by atoms with Gasteiger partial charge in [-0.05, 0) is 81.8 Å². The number of aliphatic hydroxyl groups is 1. The Bertz CT molecular complexity index is 1070. The van der Waals surface area contributed by atoms with Crippen molar-refractivity contribution in [3.05, 3.63) is 71.6 Å². The molecule has 3 aliphatic carbocycles. The lowest BCUT2D eigenvalue weighted by Crippen LogP contribution is -2.49. The molecule has 1 heterocycles. The minimum Gasteiger partial charge on any atom is -0.389 e. The number of rotatable bonds is 8. The number of allylic oxidation sites excluding steroid dienone is 1. The molecule has 1 aromatic heterocycles. The van der Waals surface area contributed by atoms with E-state index in [9.17, 15) is 5.11 Å². The van der Waals surface area contributed by atoms with E-state index in [0.717, 1.165) is 62.1 Å². The molecule has 0 spiro atoms. The minimum absolute atomic E-state index is 0.263. The van der Waals surface area contributed by atoms with Crippen molar-refractivity contribution >= 4 is 16.6 Å². The predicted octanol–water partition coefficient (Wildman–Crippen LogP) is 5.45. The highest BCUT2D eigenvalue weighted by Crippen LogP contribution is 2.54. The summed E-state index contributed by atoms with van der Waals surface area (Å²) in [6.07, 6.45) is 6.12. The molecule has 0 aliphatic heterocycles. The zero-order valence-electron chi connectivity index (χ0n) is 19.3. The Morgan fingerprint density at radius 1 is 1.06 bits per heavy atom. The Hall–Kier alpha value is -2.43. The van der Waals surface area contributed by atoms with Gasteiger partial charge in [-0.2, -0.15) is 0 Å². The smallest absolute Gasteiger partial charge is 0.107 e. The van der Waals surface area contributed by atoms with Crippen LogP contribution in [0.5, 0.6) is 0 Å². The Balaban J connectivity index is 1.18. The number of H-pyrrole nitrogens is 1. The molecule has 2 N–H and O–H groups in total. The maximum atomic E-state index is 11.8. The molecule has 2 bridgehead atoms. The molecule has 3 aromatic rings. The zero-order valence-corrected chi connectivity index (χ0v) is 19.3. The van der Waals surface area contributed by atoms with Gasteiger partial charge in [-0.3, -0.25) is 0 Å². The third-order valence-corrected chi connectivity index (χ3v) is 7.84. The first-order chi connectivity index (χ1) is 15.5. The van der Waals surface area contributed by atoms with Gasteiger partial charge in [0.25, 0.3) is 0 Å². The highest BCUT2D eigenvalue weighted by Gasteiger charge is 2.49. The molecule has 1 saturated carbocycles. The van der Waals surface area contributed by atoms with Gasteiger partial charge in [-0.15, -0.1) is 0 Å². The van der Waals surface area contributed by atoms with Crippen molar-refractivity contribution in [2.45, 2.75) is 51.0 Å². The second-order valence-electron chi connectivity index (χ2n) is 9.95. The molecular formula is C28H35N3O. The lowest BCUT2D eigenvalue weighted by atomic mass is 9.57. The Morgan fingerprint density at radius 3 is 2.66 bits per heavy atom. The third-order valence-electron chi connectivity index (χ3n) is 7.84. The number of fused-ring (bicyclic) bond motifs is 3. The highest BCUT2D eigenvalue weighted by atomic mass is 16.3. The Kier molecular flexibility index (Phi) is 5.92. The van der Waals surface area contributed by atoms with Crippen LogP contribution in [0.2, 0.25) is 0 Å². The Labute approximate surface area is 191 Å². The first-order valence-corrected chi connectivity index (χ1v) is 12.1. The maximum absolute atomic E-state index is 11.8. The predicted molar refractivity (Wildman–Crippen MR) is 131 cm³/mol. The van der Waals surface area contributed by atoms with Gasteiger partial charge in [0.15, 0.2) is 0 Å². The summed E-state index contributed by atoms with van der Waals surface area (Å²) in [6, 6.07) is 18.9. The van der Waals surface area contributed by atoms with Crippen LogP contribution in [0.3, 0.4) is 0 Å². The number of hydrogen-bond donors (Lipinski definition) is 2. The number of aromatic amines is 1. The van der Waals surface area contributed by atoms with Gasteiger partial charge in [0, 0.05) is 18.9 Å². The van der Waals surface area contributed by atoms with Crippen LogP contribution in [0, 0.1) is 11.8 Å². The minimum atomic E-state index is -0.583. The molecule has 168 valence electrons. The molecule has 0 saturated heterocycles. The summed E-state index contributed by atoms with van der Waals surface area (Å²) in [5.41, 5.74) is 5.81. The average molecular weight is 430 g/mol. The molecule has 3 aliphatic rings. The summed E-state index contributed by atoms with van der Waals surface area (Å²) < 4.78 is 0. The summed E-state index contributed by atoms with van der Waals surface area (Å²) in [4.78, 5) is 10.5. The van der Waals surface area contributed by atoms with E-state index in [1.807, 2.05) is 12.1 Å². The van der Waals surface area contributed by atoms with Crippen LogP contribution in [0.25, 0.3) is 16.6 Å².